The Balaban J connectivity index is 2.30. The van der Waals surface area contributed by atoms with Crippen LogP contribution in [0.1, 0.15) is 28.6 Å². The van der Waals surface area contributed by atoms with Crippen LogP contribution >= 0.6 is 11.6 Å². The third-order valence-electron chi connectivity index (χ3n) is 3.32. The number of benzene rings is 1. The predicted molar refractivity (Wildman–Crippen MR) is 72.8 cm³/mol. The first-order valence-electron chi connectivity index (χ1n) is 6.02. The van der Waals surface area contributed by atoms with E-state index >= 15 is 0 Å². The maximum atomic E-state index is 13.7. The van der Waals surface area contributed by atoms with Gasteiger partial charge < -0.3 is 5.11 Å². The van der Waals surface area contributed by atoms with E-state index in [1.807, 2.05) is 20.9 Å². The molecule has 1 aromatic carbocycles. The number of hydrogen-bond donors (Lipinski definition) is 1. The lowest BCUT2D eigenvalue weighted by Gasteiger charge is -2.12. The zero-order chi connectivity index (χ0) is 14.2. The first-order valence-corrected chi connectivity index (χ1v) is 6.40. The molecule has 1 N–H and O–H groups in total. The van der Waals surface area contributed by atoms with Crippen LogP contribution in [-0.2, 0) is 13.5 Å². The van der Waals surface area contributed by atoms with E-state index in [4.69, 9.17) is 11.6 Å². The molecule has 0 saturated carbocycles. The second-order valence-electron chi connectivity index (χ2n) is 4.66. The van der Waals surface area contributed by atoms with E-state index in [9.17, 15) is 9.50 Å². The minimum Gasteiger partial charge on any atom is -0.388 e. The van der Waals surface area contributed by atoms with Gasteiger partial charge in [0.25, 0.3) is 0 Å². The van der Waals surface area contributed by atoms with Gasteiger partial charge in [0.15, 0.2) is 0 Å². The quantitative estimate of drug-likeness (QED) is 0.939. The summed E-state index contributed by atoms with van der Waals surface area (Å²) in [6, 6.07) is 4.35. The van der Waals surface area contributed by atoms with Crippen molar-refractivity contribution in [1.29, 1.82) is 0 Å². The fraction of sp³-hybridized carbons (Fsp3) is 0.357. The summed E-state index contributed by atoms with van der Waals surface area (Å²) in [6.07, 6.45) is -0.610. The Morgan fingerprint density at radius 2 is 2.11 bits per heavy atom. The largest absolute Gasteiger partial charge is 0.388 e. The lowest BCUT2D eigenvalue weighted by atomic mass is 9.99. The van der Waals surface area contributed by atoms with Crippen molar-refractivity contribution < 1.29 is 9.50 Å². The molecule has 0 aliphatic heterocycles. The monoisotopic (exact) mass is 282 g/mol. The van der Waals surface area contributed by atoms with Gasteiger partial charge in [0, 0.05) is 29.7 Å². The van der Waals surface area contributed by atoms with E-state index in [2.05, 4.69) is 5.10 Å². The molecule has 0 amide bonds. The highest BCUT2D eigenvalue weighted by atomic mass is 35.5. The summed E-state index contributed by atoms with van der Waals surface area (Å²) in [4.78, 5) is 0. The van der Waals surface area contributed by atoms with Gasteiger partial charge in [0.1, 0.15) is 5.82 Å². The van der Waals surface area contributed by atoms with Gasteiger partial charge in [-0.1, -0.05) is 11.6 Å². The zero-order valence-corrected chi connectivity index (χ0v) is 11.9. The maximum Gasteiger partial charge on any atom is 0.126 e. The molecule has 19 heavy (non-hydrogen) atoms. The Kier molecular flexibility index (Phi) is 3.92. The molecule has 102 valence electrons. The molecule has 0 spiro atoms. The fourth-order valence-corrected chi connectivity index (χ4v) is 2.48. The summed E-state index contributed by atoms with van der Waals surface area (Å²) in [5.74, 6) is -0.359. The zero-order valence-electron chi connectivity index (χ0n) is 11.1. The van der Waals surface area contributed by atoms with Crippen LogP contribution in [0.4, 0.5) is 4.39 Å². The molecule has 2 rings (SSSR count). The number of aryl methyl sites for hydroxylation is 2. The van der Waals surface area contributed by atoms with Gasteiger partial charge in [-0.2, -0.15) is 5.10 Å². The second kappa shape index (κ2) is 5.31. The van der Waals surface area contributed by atoms with Crippen molar-refractivity contribution in [2.45, 2.75) is 26.4 Å². The van der Waals surface area contributed by atoms with Gasteiger partial charge in [-0.25, -0.2) is 4.39 Å². The molecule has 0 radical (unpaired) electrons. The van der Waals surface area contributed by atoms with E-state index in [-0.39, 0.29) is 12.2 Å². The van der Waals surface area contributed by atoms with Crippen LogP contribution < -0.4 is 0 Å². The molecule has 2 aromatic rings. The van der Waals surface area contributed by atoms with E-state index in [1.165, 1.54) is 12.1 Å². The van der Waals surface area contributed by atoms with E-state index in [0.29, 0.717) is 10.6 Å². The van der Waals surface area contributed by atoms with Crippen molar-refractivity contribution in [1.82, 2.24) is 9.78 Å². The Labute approximate surface area is 116 Å². The summed E-state index contributed by atoms with van der Waals surface area (Å²) in [6.45, 7) is 3.72. The lowest BCUT2D eigenvalue weighted by Crippen LogP contribution is -2.06. The summed E-state index contributed by atoms with van der Waals surface area (Å²) in [7, 11) is 1.82. The topological polar surface area (TPSA) is 38.0 Å². The SMILES string of the molecule is Cc1nn(C)c(C)c1C(O)Cc1cc(Cl)ccc1F. The third-order valence-corrected chi connectivity index (χ3v) is 3.55. The summed E-state index contributed by atoms with van der Waals surface area (Å²) in [5, 5.41) is 15.0. The van der Waals surface area contributed by atoms with Crippen molar-refractivity contribution in [3.05, 3.63) is 51.6 Å². The van der Waals surface area contributed by atoms with Crippen molar-refractivity contribution in [3.8, 4) is 0 Å². The minimum absolute atomic E-state index is 0.180. The molecular formula is C14H16ClFN2O. The molecule has 5 heteroatoms. The van der Waals surface area contributed by atoms with Gasteiger partial charge in [-0.15, -0.1) is 0 Å². The molecule has 1 aromatic heterocycles. The minimum atomic E-state index is -0.790. The van der Waals surface area contributed by atoms with Crippen LogP contribution in [0.2, 0.25) is 5.02 Å². The normalized spacial score (nSPS) is 12.7. The van der Waals surface area contributed by atoms with Crippen LogP contribution in [0.25, 0.3) is 0 Å². The van der Waals surface area contributed by atoms with Crippen LogP contribution in [-0.4, -0.2) is 14.9 Å². The lowest BCUT2D eigenvalue weighted by molar-refractivity contribution is 0.175. The van der Waals surface area contributed by atoms with Gasteiger partial charge in [-0.05, 0) is 37.6 Å². The third kappa shape index (κ3) is 2.80. The Hall–Kier alpha value is -1.39. The molecule has 1 heterocycles. The molecule has 1 atom stereocenters. The number of halogens is 2. The Morgan fingerprint density at radius 1 is 1.42 bits per heavy atom. The Bertz CT molecular complexity index is 610. The highest BCUT2D eigenvalue weighted by Crippen LogP contribution is 2.26. The number of rotatable bonds is 3. The predicted octanol–water partition coefficient (Wildman–Crippen LogP) is 3.11. The molecule has 0 saturated heterocycles. The number of aliphatic hydroxyl groups is 1. The second-order valence-corrected chi connectivity index (χ2v) is 5.10. The highest BCUT2D eigenvalue weighted by Gasteiger charge is 2.19. The first kappa shape index (κ1) is 14.0. The van der Waals surface area contributed by atoms with E-state index in [1.54, 1.807) is 10.7 Å². The van der Waals surface area contributed by atoms with Gasteiger partial charge in [-0.3, -0.25) is 4.68 Å². The van der Waals surface area contributed by atoms with Crippen molar-refractivity contribution in [2.24, 2.45) is 7.05 Å². The maximum absolute atomic E-state index is 13.7. The average Bonchev–Trinajstić information content (AvgIpc) is 2.58. The van der Waals surface area contributed by atoms with Crippen molar-refractivity contribution >= 4 is 11.6 Å². The van der Waals surface area contributed by atoms with Crippen LogP contribution in [0, 0.1) is 19.7 Å². The number of aromatic nitrogens is 2. The molecule has 0 fully saturated rings. The smallest absolute Gasteiger partial charge is 0.126 e. The van der Waals surface area contributed by atoms with Crippen molar-refractivity contribution in [3.63, 3.8) is 0 Å². The van der Waals surface area contributed by atoms with Crippen LogP contribution in [0.3, 0.4) is 0 Å². The van der Waals surface area contributed by atoms with Gasteiger partial charge in [0.2, 0.25) is 0 Å². The van der Waals surface area contributed by atoms with Gasteiger partial charge in [0.05, 0.1) is 11.8 Å². The number of aliphatic hydroxyl groups excluding tert-OH is 1. The standard InChI is InChI=1S/C14H16ClFN2O/c1-8-14(9(2)18(3)17-8)13(19)7-10-6-11(15)4-5-12(10)16/h4-6,13,19H,7H2,1-3H3. The Morgan fingerprint density at radius 3 is 2.68 bits per heavy atom. The summed E-state index contributed by atoms with van der Waals surface area (Å²) in [5.41, 5.74) is 2.80. The molecule has 0 aliphatic carbocycles. The van der Waals surface area contributed by atoms with Gasteiger partial charge >= 0.3 is 0 Å². The summed E-state index contributed by atoms with van der Waals surface area (Å²) < 4.78 is 15.4. The van der Waals surface area contributed by atoms with Crippen LogP contribution in [0.15, 0.2) is 18.2 Å². The fourth-order valence-electron chi connectivity index (χ4n) is 2.28. The molecular weight excluding hydrogens is 267 g/mol. The molecule has 0 bridgehead atoms. The van der Waals surface area contributed by atoms with E-state index < -0.39 is 6.10 Å². The molecule has 3 nitrogen and oxygen atoms in total. The van der Waals surface area contributed by atoms with Crippen LogP contribution in [0.5, 0.6) is 0 Å². The summed E-state index contributed by atoms with van der Waals surface area (Å²) >= 11 is 5.85. The highest BCUT2D eigenvalue weighted by molar-refractivity contribution is 6.30. The van der Waals surface area contributed by atoms with Crippen molar-refractivity contribution in [2.75, 3.05) is 0 Å². The van der Waals surface area contributed by atoms with E-state index in [0.717, 1.165) is 17.0 Å². The first-order chi connectivity index (χ1) is 8.90. The number of nitrogens with zero attached hydrogens (tertiary/aromatic N) is 2. The molecule has 1 unspecified atom stereocenters. The number of hydrogen-bond acceptors (Lipinski definition) is 2. The molecule has 0 aliphatic rings. The average molecular weight is 283 g/mol.